The zero-order valence-electron chi connectivity index (χ0n) is 9.19. The van der Waals surface area contributed by atoms with Gasteiger partial charge in [0.25, 0.3) is 0 Å². The Kier molecular flexibility index (Phi) is 5.26. The van der Waals surface area contributed by atoms with Crippen LogP contribution in [0.25, 0.3) is 0 Å². The Balaban J connectivity index is 2.54. The Morgan fingerprint density at radius 2 is 2.00 bits per heavy atom. The summed E-state index contributed by atoms with van der Waals surface area (Å²) in [4.78, 5) is 11.8. The minimum atomic E-state index is 0.0650. The molecule has 3 heteroatoms. The highest BCUT2D eigenvalue weighted by atomic mass is 32.2. The summed E-state index contributed by atoms with van der Waals surface area (Å²) >= 11 is 1.69. The molecule has 0 saturated carbocycles. The molecule has 82 valence electrons. The third-order valence-electron chi connectivity index (χ3n) is 2.07. The van der Waals surface area contributed by atoms with Crippen LogP contribution >= 0.6 is 11.8 Å². The first kappa shape index (κ1) is 12.1. The molecule has 15 heavy (non-hydrogen) atoms. The van der Waals surface area contributed by atoms with Gasteiger partial charge in [0.05, 0.1) is 5.25 Å². The zero-order chi connectivity index (χ0) is 11.1. The Hall–Kier alpha value is -0.960. The number of benzene rings is 1. The fourth-order valence-electron chi connectivity index (χ4n) is 1.32. The van der Waals surface area contributed by atoms with Crippen LogP contribution in [0.2, 0.25) is 0 Å². The number of hydrogen-bond donors (Lipinski definition) is 1. The molecule has 1 aromatic carbocycles. The molecule has 0 radical (unpaired) electrons. The van der Waals surface area contributed by atoms with Gasteiger partial charge in [0.2, 0.25) is 5.91 Å². The second-order valence-corrected chi connectivity index (χ2v) is 4.69. The number of rotatable bonds is 5. The normalized spacial score (nSPS) is 12.1. The van der Waals surface area contributed by atoms with Crippen molar-refractivity contribution in [2.45, 2.75) is 25.5 Å². The summed E-state index contributed by atoms with van der Waals surface area (Å²) in [5, 5.41) is 2.98. The Labute approximate surface area is 95.5 Å². The van der Waals surface area contributed by atoms with E-state index >= 15 is 0 Å². The zero-order valence-corrected chi connectivity index (χ0v) is 10.0. The summed E-state index contributed by atoms with van der Waals surface area (Å²) in [7, 11) is 0. The van der Waals surface area contributed by atoms with E-state index in [9.17, 15) is 4.79 Å². The molecule has 0 aliphatic heterocycles. The molecule has 0 aliphatic rings. The van der Waals surface area contributed by atoms with Gasteiger partial charge >= 0.3 is 0 Å². The van der Waals surface area contributed by atoms with Crippen molar-refractivity contribution in [3.05, 3.63) is 30.3 Å². The predicted molar refractivity (Wildman–Crippen MR) is 67.3 cm³/mol. The van der Waals surface area contributed by atoms with Gasteiger partial charge in [-0.1, -0.05) is 32.0 Å². The number of carbonyl (C=O) groups excluding carboxylic acids is 1. The molecule has 0 spiro atoms. The Morgan fingerprint density at radius 1 is 1.33 bits per heavy atom. The van der Waals surface area contributed by atoms with Gasteiger partial charge in [-0.25, -0.2) is 0 Å². The van der Waals surface area contributed by atoms with E-state index in [4.69, 9.17) is 0 Å². The smallest absolute Gasteiger partial charge is 0.237 e. The van der Waals surface area contributed by atoms with Gasteiger partial charge in [-0.05, 0) is 24.3 Å². The summed E-state index contributed by atoms with van der Waals surface area (Å²) in [6.07, 6.45) is 0.872. The largest absolute Gasteiger partial charge is 0.325 e. The third kappa shape index (κ3) is 3.96. The average Bonchev–Trinajstić information content (AvgIpc) is 2.27. The van der Waals surface area contributed by atoms with Crippen molar-refractivity contribution in [2.24, 2.45) is 0 Å². The first-order valence-corrected chi connectivity index (χ1v) is 6.30. The number of thioether (sulfide) groups is 1. The lowest BCUT2D eigenvalue weighted by atomic mass is 10.3. The van der Waals surface area contributed by atoms with Crippen molar-refractivity contribution in [1.29, 1.82) is 0 Å². The lowest BCUT2D eigenvalue weighted by molar-refractivity contribution is -0.115. The van der Waals surface area contributed by atoms with Crippen LogP contribution in [0, 0.1) is 0 Å². The highest BCUT2D eigenvalue weighted by molar-refractivity contribution is 8.00. The third-order valence-corrected chi connectivity index (χ3v) is 3.36. The first-order valence-electron chi connectivity index (χ1n) is 5.25. The minimum absolute atomic E-state index is 0.0650. The predicted octanol–water partition coefficient (Wildman–Crippen LogP) is 3.16. The lowest BCUT2D eigenvalue weighted by Crippen LogP contribution is -2.24. The van der Waals surface area contributed by atoms with Crippen LogP contribution < -0.4 is 5.32 Å². The molecule has 1 unspecified atom stereocenters. The van der Waals surface area contributed by atoms with Crippen LogP contribution in [0.1, 0.15) is 20.3 Å². The Bertz CT molecular complexity index is 300. The van der Waals surface area contributed by atoms with E-state index in [1.54, 1.807) is 11.8 Å². The number of carbonyl (C=O) groups is 1. The molecule has 1 N–H and O–H groups in total. The lowest BCUT2D eigenvalue weighted by Gasteiger charge is -2.13. The van der Waals surface area contributed by atoms with Gasteiger partial charge in [0, 0.05) is 5.69 Å². The van der Waals surface area contributed by atoms with Crippen LogP contribution in [0.5, 0.6) is 0 Å². The monoisotopic (exact) mass is 223 g/mol. The molecule has 1 rings (SSSR count). The van der Waals surface area contributed by atoms with Gasteiger partial charge in [0.15, 0.2) is 0 Å². The molecule has 0 heterocycles. The summed E-state index contributed by atoms with van der Waals surface area (Å²) in [5.41, 5.74) is 0.873. The van der Waals surface area contributed by atoms with Crippen molar-refractivity contribution in [2.75, 3.05) is 11.1 Å². The van der Waals surface area contributed by atoms with E-state index in [-0.39, 0.29) is 11.2 Å². The summed E-state index contributed by atoms with van der Waals surface area (Å²) in [5.74, 6) is 1.08. The SMILES string of the molecule is CCSC(CC)C(=O)Nc1ccccc1. The van der Waals surface area contributed by atoms with Crippen molar-refractivity contribution in [3.63, 3.8) is 0 Å². The summed E-state index contributed by atoms with van der Waals surface area (Å²) in [6, 6.07) is 9.59. The van der Waals surface area contributed by atoms with E-state index < -0.39 is 0 Å². The maximum atomic E-state index is 11.8. The second-order valence-electron chi connectivity index (χ2n) is 3.21. The van der Waals surface area contributed by atoms with Gasteiger partial charge in [-0.15, -0.1) is 11.8 Å². The number of anilines is 1. The van der Waals surface area contributed by atoms with E-state index in [0.29, 0.717) is 0 Å². The van der Waals surface area contributed by atoms with Crippen LogP contribution in [-0.2, 0) is 4.79 Å². The minimum Gasteiger partial charge on any atom is -0.325 e. The second kappa shape index (κ2) is 6.51. The van der Waals surface area contributed by atoms with E-state index in [2.05, 4.69) is 12.2 Å². The summed E-state index contributed by atoms with van der Waals surface area (Å²) in [6.45, 7) is 4.11. The van der Waals surface area contributed by atoms with Gasteiger partial charge in [-0.2, -0.15) is 0 Å². The molecule has 1 aromatic rings. The first-order chi connectivity index (χ1) is 7.27. The highest BCUT2D eigenvalue weighted by Gasteiger charge is 2.15. The van der Waals surface area contributed by atoms with Crippen molar-refractivity contribution >= 4 is 23.4 Å². The topological polar surface area (TPSA) is 29.1 Å². The van der Waals surface area contributed by atoms with Crippen molar-refractivity contribution < 1.29 is 4.79 Å². The molecule has 1 amide bonds. The molecule has 0 fully saturated rings. The fraction of sp³-hybridized carbons (Fsp3) is 0.417. The molecule has 2 nitrogen and oxygen atoms in total. The molecular formula is C12H17NOS. The summed E-state index contributed by atoms with van der Waals surface area (Å²) < 4.78 is 0. The van der Waals surface area contributed by atoms with Crippen molar-refractivity contribution in [1.82, 2.24) is 0 Å². The highest BCUT2D eigenvalue weighted by Crippen LogP contribution is 2.16. The molecular weight excluding hydrogens is 206 g/mol. The average molecular weight is 223 g/mol. The van der Waals surface area contributed by atoms with E-state index in [0.717, 1.165) is 17.9 Å². The number of para-hydroxylation sites is 1. The molecule has 0 bridgehead atoms. The standard InChI is InChI=1S/C12H17NOS/c1-3-11(15-4-2)12(14)13-10-8-6-5-7-9-10/h5-9,11H,3-4H2,1-2H3,(H,13,14). The number of hydrogen-bond acceptors (Lipinski definition) is 2. The van der Waals surface area contributed by atoms with Gasteiger partial charge in [0.1, 0.15) is 0 Å². The van der Waals surface area contributed by atoms with Crippen LogP contribution in [0.3, 0.4) is 0 Å². The molecule has 0 aliphatic carbocycles. The van der Waals surface area contributed by atoms with Gasteiger partial charge < -0.3 is 5.32 Å². The quantitative estimate of drug-likeness (QED) is 0.830. The molecule has 0 aromatic heterocycles. The number of nitrogens with one attached hydrogen (secondary N) is 1. The molecule has 0 saturated heterocycles. The van der Waals surface area contributed by atoms with Gasteiger partial charge in [-0.3, -0.25) is 4.79 Å². The maximum absolute atomic E-state index is 11.8. The van der Waals surface area contributed by atoms with E-state index in [1.165, 1.54) is 0 Å². The van der Waals surface area contributed by atoms with Crippen LogP contribution in [-0.4, -0.2) is 16.9 Å². The maximum Gasteiger partial charge on any atom is 0.237 e. The van der Waals surface area contributed by atoms with Crippen LogP contribution in [0.15, 0.2) is 30.3 Å². The fourth-order valence-corrected chi connectivity index (χ4v) is 2.17. The van der Waals surface area contributed by atoms with Crippen molar-refractivity contribution in [3.8, 4) is 0 Å². The van der Waals surface area contributed by atoms with Crippen LogP contribution in [0.4, 0.5) is 5.69 Å². The Morgan fingerprint density at radius 3 is 2.53 bits per heavy atom. The number of amides is 1. The van der Waals surface area contributed by atoms with E-state index in [1.807, 2.05) is 37.3 Å². The molecule has 1 atom stereocenters.